The first kappa shape index (κ1) is 9.66. The minimum atomic E-state index is 0.626. The highest BCUT2D eigenvalue weighted by Crippen LogP contribution is 2.27. The van der Waals surface area contributed by atoms with Crippen LogP contribution in [0.5, 0.6) is 0 Å². The average molecular weight is 190 g/mol. The van der Waals surface area contributed by atoms with Crippen molar-refractivity contribution in [2.75, 3.05) is 6.54 Å². The molecular formula is C12H18N2. The molecule has 1 aliphatic heterocycles. The van der Waals surface area contributed by atoms with Crippen molar-refractivity contribution in [3.05, 3.63) is 29.6 Å². The molecule has 0 amide bonds. The Morgan fingerprint density at radius 1 is 1.50 bits per heavy atom. The van der Waals surface area contributed by atoms with Crippen LogP contribution in [0.4, 0.5) is 0 Å². The van der Waals surface area contributed by atoms with E-state index in [1.165, 1.54) is 24.1 Å². The van der Waals surface area contributed by atoms with Gasteiger partial charge in [-0.15, -0.1) is 0 Å². The number of hydrogen-bond acceptors (Lipinski definition) is 2. The van der Waals surface area contributed by atoms with E-state index in [2.05, 4.69) is 36.3 Å². The van der Waals surface area contributed by atoms with Crippen molar-refractivity contribution >= 4 is 0 Å². The highest BCUT2D eigenvalue weighted by molar-refractivity contribution is 5.18. The molecule has 1 aliphatic rings. The number of hydrogen-bond donors (Lipinski definition) is 1. The molecule has 2 heterocycles. The van der Waals surface area contributed by atoms with Gasteiger partial charge in [-0.25, -0.2) is 0 Å². The third kappa shape index (κ3) is 1.80. The molecule has 0 aromatic carbocycles. The number of aryl methyl sites for hydroxylation is 1. The maximum absolute atomic E-state index is 4.52. The summed E-state index contributed by atoms with van der Waals surface area (Å²) in [7, 11) is 0. The molecule has 1 aromatic heterocycles. The molecular weight excluding hydrogens is 172 g/mol. The first-order chi connectivity index (χ1) is 6.81. The van der Waals surface area contributed by atoms with Gasteiger partial charge in [-0.3, -0.25) is 4.98 Å². The van der Waals surface area contributed by atoms with Gasteiger partial charge in [0.2, 0.25) is 0 Å². The summed E-state index contributed by atoms with van der Waals surface area (Å²) >= 11 is 0. The number of rotatable bonds is 2. The Morgan fingerprint density at radius 3 is 3.00 bits per heavy atom. The maximum Gasteiger partial charge on any atom is 0.0450 e. The van der Waals surface area contributed by atoms with Crippen molar-refractivity contribution in [3.63, 3.8) is 0 Å². The van der Waals surface area contributed by atoms with Crippen LogP contribution < -0.4 is 5.32 Å². The van der Waals surface area contributed by atoms with E-state index < -0.39 is 0 Å². The van der Waals surface area contributed by atoms with E-state index in [-0.39, 0.29) is 0 Å². The van der Waals surface area contributed by atoms with Gasteiger partial charge in [0.25, 0.3) is 0 Å². The smallest absolute Gasteiger partial charge is 0.0450 e. The zero-order valence-corrected chi connectivity index (χ0v) is 8.96. The zero-order chi connectivity index (χ0) is 9.97. The van der Waals surface area contributed by atoms with Gasteiger partial charge >= 0.3 is 0 Å². The molecule has 0 spiro atoms. The van der Waals surface area contributed by atoms with Gasteiger partial charge in [-0.1, -0.05) is 13.0 Å². The van der Waals surface area contributed by atoms with Crippen LogP contribution in [-0.2, 0) is 0 Å². The molecule has 2 unspecified atom stereocenters. The fourth-order valence-electron chi connectivity index (χ4n) is 2.25. The van der Waals surface area contributed by atoms with Gasteiger partial charge in [-0.2, -0.15) is 0 Å². The van der Waals surface area contributed by atoms with Crippen LogP contribution in [0.15, 0.2) is 18.3 Å². The summed E-state index contributed by atoms with van der Waals surface area (Å²) in [6.45, 7) is 5.46. The zero-order valence-electron chi connectivity index (χ0n) is 8.96. The predicted octanol–water partition coefficient (Wildman–Crippen LogP) is 2.25. The molecule has 0 bridgehead atoms. The van der Waals surface area contributed by atoms with Crippen LogP contribution in [0.25, 0.3) is 0 Å². The second-order valence-corrected chi connectivity index (χ2v) is 4.12. The second kappa shape index (κ2) is 4.09. The number of nitrogens with one attached hydrogen (secondary N) is 1. The van der Waals surface area contributed by atoms with Crippen molar-refractivity contribution in [2.45, 2.75) is 38.6 Å². The van der Waals surface area contributed by atoms with Crippen LogP contribution in [-0.4, -0.2) is 17.6 Å². The maximum atomic E-state index is 4.52. The minimum Gasteiger partial charge on any atom is -0.313 e. The molecule has 2 rings (SSSR count). The van der Waals surface area contributed by atoms with Crippen molar-refractivity contribution in [1.82, 2.24) is 10.3 Å². The Morgan fingerprint density at radius 2 is 2.36 bits per heavy atom. The largest absolute Gasteiger partial charge is 0.313 e. The van der Waals surface area contributed by atoms with E-state index in [9.17, 15) is 0 Å². The van der Waals surface area contributed by atoms with E-state index in [4.69, 9.17) is 0 Å². The van der Waals surface area contributed by atoms with Crippen molar-refractivity contribution in [1.29, 1.82) is 0 Å². The number of aromatic nitrogens is 1. The summed E-state index contributed by atoms with van der Waals surface area (Å²) < 4.78 is 0. The summed E-state index contributed by atoms with van der Waals surface area (Å²) in [5.41, 5.74) is 2.50. The molecule has 0 aliphatic carbocycles. The van der Waals surface area contributed by atoms with Crippen LogP contribution >= 0.6 is 0 Å². The molecule has 1 fully saturated rings. The van der Waals surface area contributed by atoms with Gasteiger partial charge in [0, 0.05) is 23.9 Å². The highest BCUT2D eigenvalue weighted by atomic mass is 15.0. The summed E-state index contributed by atoms with van der Waals surface area (Å²) in [6, 6.07) is 4.97. The minimum absolute atomic E-state index is 0.626. The molecule has 2 atom stereocenters. The van der Waals surface area contributed by atoms with E-state index in [1.807, 2.05) is 6.20 Å². The molecule has 1 aromatic rings. The van der Waals surface area contributed by atoms with E-state index in [1.54, 1.807) is 0 Å². The predicted molar refractivity (Wildman–Crippen MR) is 58.4 cm³/mol. The topological polar surface area (TPSA) is 24.9 Å². The lowest BCUT2D eigenvalue weighted by Crippen LogP contribution is -2.25. The van der Waals surface area contributed by atoms with Gasteiger partial charge < -0.3 is 5.32 Å². The normalized spacial score (nSPS) is 26.7. The molecule has 1 saturated heterocycles. The SMILES string of the molecule is CCC1NCCC1c1ccc(C)cn1. The molecule has 76 valence electrons. The van der Waals surface area contributed by atoms with Gasteiger partial charge in [0.1, 0.15) is 0 Å². The highest BCUT2D eigenvalue weighted by Gasteiger charge is 2.27. The molecule has 14 heavy (non-hydrogen) atoms. The molecule has 2 nitrogen and oxygen atoms in total. The molecule has 0 saturated carbocycles. The van der Waals surface area contributed by atoms with Crippen LogP contribution in [0.2, 0.25) is 0 Å². The lowest BCUT2D eigenvalue weighted by atomic mass is 9.94. The van der Waals surface area contributed by atoms with Crippen LogP contribution in [0.3, 0.4) is 0 Å². The summed E-state index contributed by atoms with van der Waals surface area (Å²) in [5.74, 6) is 0.626. The summed E-state index contributed by atoms with van der Waals surface area (Å²) in [6.07, 6.45) is 4.40. The van der Waals surface area contributed by atoms with E-state index >= 15 is 0 Å². The lowest BCUT2D eigenvalue weighted by Gasteiger charge is -2.17. The Bertz CT molecular complexity index is 292. The fourth-order valence-corrected chi connectivity index (χ4v) is 2.25. The Kier molecular flexibility index (Phi) is 2.82. The fraction of sp³-hybridized carbons (Fsp3) is 0.583. The lowest BCUT2D eigenvalue weighted by molar-refractivity contribution is 0.523. The van der Waals surface area contributed by atoms with E-state index in [0.29, 0.717) is 12.0 Å². The molecule has 2 heteroatoms. The monoisotopic (exact) mass is 190 g/mol. The number of nitrogens with zero attached hydrogens (tertiary/aromatic N) is 1. The first-order valence-corrected chi connectivity index (χ1v) is 5.47. The third-order valence-corrected chi connectivity index (χ3v) is 3.10. The Hall–Kier alpha value is -0.890. The van der Waals surface area contributed by atoms with Gasteiger partial charge in [0.15, 0.2) is 0 Å². The van der Waals surface area contributed by atoms with Crippen molar-refractivity contribution < 1.29 is 0 Å². The van der Waals surface area contributed by atoms with Crippen LogP contribution in [0, 0.1) is 6.92 Å². The quantitative estimate of drug-likeness (QED) is 0.773. The average Bonchev–Trinajstić information content (AvgIpc) is 2.67. The summed E-state index contributed by atoms with van der Waals surface area (Å²) in [5, 5.41) is 3.53. The van der Waals surface area contributed by atoms with Gasteiger partial charge in [-0.05, 0) is 37.9 Å². The Balaban J connectivity index is 2.17. The van der Waals surface area contributed by atoms with Gasteiger partial charge in [0.05, 0.1) is 0 Å². The first-order valence-electron chi connectivity index (χ1n) is 5.47. The molecule has 0 radical (unpaired) electrons. The van der Waals surface area contributed by atoms with Crippen molar-refractivity contribution in [3.8, 4) is 0 Å². The second-order valence-electron chi connectivity index (χ2n) is 4.12. The third-order valence-electron chi connectivity index (χ3n) is 3.10. The van der Waals surface area contributed by atoms with Crippen molar-refractivity contribution in [2.24, 2.45) is 0 Å². The standard InChI is InChI=1S/C12H18N2/c1-3-11-10(6-7-13-11)12-5-4-9(2)8-14-12/h4-5,8,10-11,13H,3,6-7H2,1-2H3. The summed E-state index contributed by atoms with van der Waals surface area (Å²) in [4.78, 5) is 4.52. The van der Waals surface area contributed by atoms with E-state index in [0.717, 1.165) is 6.54 Å². The molecule has 1 N–H and O–H groups in total. The van der Waals surface area contributed by atoms with Crippen LogP contribution in [0.1, 0.15) is 36.9 Å². The Labute approximate surface area is 85.7 Å². The number of pyridine rings is 1.